The third-order valence-electron chi connectivity index (χ3n) is 6.76. The van der Waals surface area contributed by atoms with Crippen LogP contribution in [0.25, 0.3) is 0 Å². The second-order valence-corrected chi connectivity index (χ2v) is 9.41. The number of morpholine rings is 1. The van der Waals surface area contributed by atoms with Crippen molar-refractivity contribution in [2.45, 2.75) is 37.6 Å². The number of anilines is 3. The van der Waals surface area contributed by atoms with Gasteiger partial charge in [0.2, 0.25) is 5.91 Å². The molecule has 0 bridgehead atoms. The van der Waals surface area contributed by atoms with Gasteiger partial charge >= 0.3 is 12.2 Å². The Labute approximate surface area is 209 Å². The van der Waals surface area contributed by atoms with Gasteiger partial charge < -0.3 is 29.7 Å². The Balaban J connectivity index is 1.24. The van der Waals surface area contributed by atoms with Gasteiger partial charge in [0.1, 0.15) is 11.5 Å². The number of fused-ring (bicyclic) bond motifs is 1. The number of aromatic nitrogens is 3. The molecule has 3 aliphatic rings. The maximum Gasteiger partial charge on any atom is 0.417 e. The van der Waals surface area contributed by atoms with Gasteiger partial charge in [0.15, 0.2) is 5.82 Å². The highest BCUT2D eigenvalue weighted by Gasteiger charge is 2.40. The molecule has 0 spiro atoms. The number of piperidine rings is 1. The van der Waals surface area contributed by atoms with Gasteiger partial charge in [-0.25, -0.2) is 14.8 Å². The molecule has 2 saturated heterocycles. The van der Waals surface area contributed by atoms with Crippen molar-refractivity contribution in [3.63, 3.8) is 0 Å². The van der Waals surface area contributed by atoms with Crippen LogP contribution in [0.15, 0.2) is 29.5 Å². The molecule has 0 radical (unpaired) electrons. The monoisotopic (exact) mass is 521 g/mol. The molecule has 0 aromatic carbocycles. The number of nitrogens with zero attached hydrogens (tertiary/aromatic N) is 5. The number of carbonyl (C=O) groups excluding carboxylic acids is 2. The van der Waals surface area contributed by atoms with Gasteiger partial charge in [-0.3, -0.25) is 9.59 Å². The Bertz CT molecular complexity index is 1250. The van der Waals surface area contributed by atoms with Crippen LogP contribution in [0.1, 0.15) is 24.8 Å². The first-order valence-corrected chi connectivity index (χ1v) is 11.9. The van der Waals surface area contributed by atoms with Crippen molar-refractivity contribution in [2.24, 2.45) is 13.0 Å². The van der Waals surface area contributed by atoms with E-state index in [1.54, 1.807) is 6.20 Å². The molecule has 1 saturated carbocycles. The number of urea groups is 1. The zero-order chi connectivity index (χ0) is 26.3. The molecule has 3 amide bonds. The van der Waals surface area contributed by atoms with Crippen LogP contribution in [0, 0.1) is 5.92 Å². The van der Waals surface area contributed by atoms with E-state index >= 15 is 0 Å². The van der Waals surface area contributed by atoms with Crippen LogP contribution in [0.5, 0.6) is 0 Å². The van der Waals surface area contributed by atoms with Crippen LogP contribution < -0.4 is 21.1 Å². The minimum Gasteiger partial charge on any atom is -0.372 e. The first-order valence-electron chi connectivity index (χ1n) is 11.9. The van der Waals surface area contributed by atoms with E-state index in [0.717, 1.165) is 17.4 Å². The Morgan fingerprint density at radius 3 is 2.57 bits per heavy atom. The molecule has 4 heterocycles. The molecule has 198 valence electrons. The molecule has 1 aliphatic carbocycles. The zero-order valence-electron chi connectivity index (χ0n) is 20.0. The van der Waals surface area contributed by atoms with Gasteiger partial charge in [-0.1, -0.05) is 0 Å². The number of rotatable bonds is 4. The average molecular weight is 522 g/mol. The van der Waals surface area contributed by atoms with Crippen molar-refractivity contribution in [1.82, 2.24) is 19.4 Å². The SMILES string of the molecule is Cn1cc(C(F)(F)F)cc(NC(=O)N2CCOC3CN(c4cnc(NC(=O)C5CC5)cn4)CCC32)c1=O. The van der Waals surface area contributed by atoms with E-state index in [2.05, 4.69) is 20.6 Å². The molecule has 14 heteroatoms. The Morgan fingerprint density at radius 1 is 1.11 bits per heavy atom. The molecular formula is C23H26F3N7O4. The van der Waals surface area contributed by atoms with Gasteiger partial charge in [-0.05, 0) is 25.3 Å². The van der Waals surface area contributed by atoms with Crippen molar-refractivity contribution in [3.8, 4) is 0 Å². The van der Waals surface area contributed by atoms with Crippen molar-refractivity contribution in [1.29, 1.82) is 0 Å². The van der Waals surface area contributed by atoms with Crippen molar-refractivity contribution in [2.75, 3.05) is 41.8 Å². The number of aryl methyl sites for hydroxylation is 1. The van der Waals surface area contributed by atoms with Crippen molar-refractivity contribution < 1.29 is 27.5 Å². The zero-order valence-corrected chi connectivity index (χ0v) is 20.0. The molecule has 2 unspecified atom stereocenters. The van der Waals surface area contributed by atoms with Crippen LogP contribution in [0.2, 0.25) is 0 Å². The number of alkyl halides is 3. The Morgan fingerprint density at radius 2 is 1.89 bits per heavy atom. The summed E-state index contributed by atoms with van der Waals surface area (Å²) >= 11 is 0. The highest BCUT2D eigenvalue weighted by atomic mass is 19.4. The first kappa shape index (κ1) is 25.0. The van der Waals surface area contributed by atoms with E-state index in [9.17, 15) is 27.6 Å². The van der Waals surface area contributed by atoms with E-state index in [0.29, 0.717) is 43.4 Å². The number of nitrogens with one attached hydrogen (secondary N) is 2. The second-order valence-electron chi connectivity index (χ2n) is 9.41. The highest BCUT2D eigenvalue weighted by molar-refractivity contribution is 5.93. The summed E-state index contributed by atoms with van der Waals surface area (Å²) in [7, 11) is 1.20. The summed E-state index contributed by atoms with van der Waals surface area (Å²) < 4.78 is 46.3. The fraction of sp³-hybridized carbons (Fsp3) is 0.522. The fourth-order valence-electron chi connectivity index (χ4n) is 4.62. The summed E-state index contributed by atoms with van der Waals surface area (Å²) in [6.07, 6.45) is 1.02. The molecule has 5 rings (SSSR count). The largest absolute Gasteiger partial charge is 0.417 e. The lowest BCUT2D eigenvalue weighted by atomic mass is 9.98. The number of carbonyl (C=O) groups is 2. The minimum absolute atomic E-state index is 0.0557. The summed E-state index contributed by atoms with van der Waals surface area (Å²) in [6.45, 7) is 1.42. The van der Waals surface area contributed by atoms with Gasteiger partial charge in [-0.2, -0.15) is 13.2 Å². The van der Waals surface area contributed by atoms with Gasteiger partial charge in [0.05, 0.1) is 36.7 Å². The number of pyridine rings is 1. The average Bonchev–Trinajstić information content (AvgIpc) is 3.71. The number of hydrogen-bond donors (Lipinski definition) is 2. The van der Waals surface area contributed by atoms with Gasteiger partial charge in [-0.15, -0.1) is 0 Å². The summed E-state index contributed by atoms with van der Waals surface area (Å²) in [6, 6.07) is -0.334. The molecule has 3 fully saturated rings. The number of amides is 3. The lowest BCUT2D eigenvalue weighted by Crippen LogP contribution is -2.61. The molecular weight excluding hydrogens is 495 g/mol. The molecule has 2 N–H and O–H groups in total. The number of ether oxygens (including phenoxy) is 1. The second kappa shape index (κ2) is 9.65. The smallest absolute Gasteiger partial charge is 0.372 e. The van der Waals surface area contributed by atoms with Crippen LogP contribution in [-0.4, -0.2) is 69.8 Å². The van der Waals surface area contributed by atoms with E-state index < -0.39 is 29.0 Å². The molecule has 2 aromatic heterocycles. The third kappa shape index (κ3) is 5.38. The van der Waals surface area contributed by atoms with E-state index in [1.165, 1.54) is 18.1 Å². The van der Waals surface area contributed by atoms with E-state index in [1.807, 2.05) is 4.90 Å². The van der Waals surface area contributed by atoms with Gasteiger partial charge in [0, 0.05) is 38.8 Å². The first-order chi connectivity index (χ1) is 17.6. The summed E-state index contributed by atoms with van der Waals surface area (Å²) in [5.41, 5.74) is -2.21. The Kier molecular flexibility index (Phi) is 6.52. The fourth-order valence-corrected chi connectivity index (χ4v) is 4.62. The summed E-state index contributed by atoms with van der Waals surface area (Å²) in [4.78, 5) is 49.4. The molecule has 2 atom stereocenters. The Hall–Kier alpha value is -3.68. The topological polar surface area (TPSA) is 122 Å². The molecule has 11 nitrogen and oxygen atoms in total. The van der Waals surface area contributed by atoms with Crippen LogP contribution in [0.3, 0.4) is 0 Å². The van der Waals surface area contributed by atoms with Crippen LogP contribution >= 0.6 is 0 Å². The number of hydrogen-bond acceptors (Lipinski definition) is 7. The quantitative estimate of drug-likeness (QED) is 0.632. The van der Waals surface area contributed by atoms with E-state index in [4.69, 9.17) is 4.74 Å². The van der Waals surface area contributed by atoms with Crippen LogP contribution in [-0.2, 0) is 22.8 Å². The summed E-state index contributed by atoms with van der Waals surface area (Å²) in [5.74, 6) is 0.981. The standard InChI is InChI=1S/C23H26F3N7O4/c1-31-11-14(23(24,25)26)8-15(21(31)35)29-22(36)33-6-7-37-17-12-32(5-4-16(17)33)19-10-27-18(9-28-19)30-20(34)13-2-3-13/h8-11,13,16-17H,2-7,12H2,1H3,(H,29,36)(H,27,30,34). The summed E-state index contributed by atoms with van der Waals surface area (Å²) in [5, 5.41) is 5.11. The van der Waals surface area contributed by atoms with E-state index in [-0.39, 0.29) is 37.1 Å². The highest BCUT2D eigenvalue weighted by Crippen LogP contribution is 2.31. The van der Waals surface area contributed by atoms with Crippen molar-refractivity contribution >= 4 is 29.3 Å². The normalized spacial score (nSPS) is 21.8. The lowest BCUT2D eigenvalue weighted by Gasteiger charge is -2.46. The van der Waals surface area contributed by atoms with Gasteiger partial charge in [0.25, 0.3) is 5.56 Å². The molecule has 2 aliphatic heterocycles. The number of halogens is 3. The van der Waals surface area contributed by atoms with Crippen LogP contribution in [0.4, 0.5) is 35.3 Å². The van der Waals surface area contributed by atoms with Crippen molar-refractivity contribution in [3.05, 3.63) is 40.6 Å². The molecule has 2 aromatic rings. The maximum atomic E-state index is 13.2. The third-order valence-corrected chi connectivity index (χ3v) is 6.76. The lowest BCUT2D eigenvalue weighted by molar-refractivity contribution is -0.138. The predicted octanol–water partition coefficient (Wildman–Crippen LogP) is 2.05. The minimum atomic E-state index is -4.66. The molecule has 37 heavy (non-hydrogen) atoms. The maximum absolute atomic E-state index is 13.2. The predicted molar refractivity (Wildman–Crippen MR) is 126 cm³/mol.